The normalized spacial score (nSPS) is 18.0. The van der Waals surface area contributed by atoms with Gasteiger partial charge >= 0.3 is 6.03 Å². The van der Waals surface area contributed by atoms with Gasteiger partial charge in [0.2, 0.25) is 5.91 Å². The molecule has 3 amide bonds. The van der Waals surface area contributed by atoms with Gasteiger partial charge in [0.05, 0.1) is 0 Å². The van der Waals surface area contributed by atoms with Crippen molar-refractivity contribution in [3.8, 4) is 0 Å². The van der Waals surface area contributed by atoms with Crippen molar-refractivity contribution in [3.05, 3.63) is 30.7 Å². The van der Waals surface area contributed by atoms with E-state index < -0.39 is 0 Å². The quantitative estimate of drug-likeness (QED) is 0.894. The molecule has 1 saturated heterocycles. The van der Waals surface area contributed by atoms with Gasteiger partial charge in [0.25, 0.3) is 0 Å². The molecule has 7 nitrogen and oxygen atoms in total. The van der Waals surface area contributed by atoms with Crippen LogP contribution >= 0.6 is 0 Å². The average Bonchev–Trinajstić information content (AvgIpc) is 3.05. The minimum absolute atomic E-state index is 0.183. The smallest absolute Gasteiger partial charge is 0.319 e. The summed E-state index contributed by atoms with van der Waals surface area (Å²) in [4.78, 5) is 29.2. The zero-order valence-electron chi connectivity index (χ0n) is 12.5. The van der Waals surface area contributed by atoms with E-state index in [0.717, 1.165) is 18.6 Å². The largest absolute Gasteiger partial charge is 0.345 e. The molecule has 0 radical (unpaired) electrons. The first-order chi connectivity index (χ1) is 10.6. The highest BCUT2D eigenvalue weighted by molar-refractivity contribution is 5.89. The molecule has 22 heavy (non-hydrogen) atoms. The predicted octanol–water partition coefficient (Wildman–Crippen LogP) is 1.32. The van der Waals surface area contributed by atoms with Gasteiger partial charge in [0, 0.05) is 56.9 Å². The van der Waals surface area contributed by atoms with Crippen LogP contribution in [0.25, 0.3) is 5.65 Å². The lowest BCUT2D eigenvalue weighted by molar-refractivity contribution is -0.126. The molecule has 1 aliphatic heterocycles. The number of likely N-dealkylation sites (tertiary alicyclic amines) is 1. The summed E-state index contributed by atoms with van der Waals surface area (Å²) >= 11 is 0. The lowest BCUT2D eigenvalue weighted by Crippen LogP contribution is -2.30. The Kier molecular flexibility index (Phi) is 3.95. The fraction of sp³-hybridized carbons (Fsp3) is 0.400. The van der Waals surface area contributed by atoms with Gasteiger partial charge in [-0.15, -0.1) is 0 Å². The van der Waals surface area contributed by atoms with Crippen LogP contribution in [0.2, 0.25) is 0 Å². The van der Waals surface area contributed by atoms with Crippen molar-refractivity contribution in [1.29, 1.82) is 0 Å². The van der Waals surface area contributed by atoms with E-state index in [0.29, 0.717) is 24.6 Å². The number of pyridine rings is 1. The summed E-state index contributed by atoms with van der Waals surface area (Å²) in [7, 11) is 1.81. The summed E-state index contributed by atoms with van der Waals surface area (Å²) in [6.45, 7) is 1.34. The molecule has 116 valence electrons. The van der Waals surface area contributed by atoms with Crippen LogP contribution in [0.5, 0.6) is 0 Å². The van der Waals surface area contributed by atoms with Crippen LogP contribution in [0.1, 0.15) is 12.8 Å². The van der Waals surface area contributed by atoms with Crippen LogP contribution < -0.4 is 10.6 Å². The van der Waals surface area contributed by atoms with Gasteiger partial charge in [-0.25, -0.2) is 9.78 Å². The molecule has 1 atom stereocenters. The Morgan fingerprint density at radius 3 is 3.09 bits per heavy atom. The highest BCUT2D eigenvalue weighted by atomic mass is 16.2. The number of nitrogens with zero attached hydrogens (tertiary/aromatic N) is 3. The number of amides is 3. The summed E-state index contributed by atoms with van der Waals surface area (Å²) in [6.07, 6.45) is 6.79. The Bertz CT molecular complexity index is 696. The van der Waals surface area contributed by atoms with Crippen LogP contribution in [-0.2, 0) is 4.79 Å². The van der Waals surface area contributed by atoms with Crippen molar-refractivity contribution in [1.82, 2.24) is 19.6 Å². The molecule has 0 spiro atoms. The molecule has 2 aromatic heterocycles. The van der Waals surface area contributed by atoms with Gasteiger partial charge in [-0.3, -0.25) is 4.79 Å². The third-order valence-electron chi connectivity index (χ3n) is 3.92. The van der Waals surface area contributed by atoms with Gasteiger partial charge in [0.15, 0.2) is 0 Å². The fourth-order valence-corrected chi connectivity index (χ4v) is 2.70. The number of anilines is 1. The SMILES string of the molecule is CN1CC(CCNC(=O)Nc2ccn3ccnc3c2)CC1=O. The van der Waals surface area contributed by atoms with E-state index in [9.17, 15) is 9.59 Å². The maximum absolute atomic E-state index is 11.9. The molecular weight excluding hydrogens is 282 g/mol. The maximum Gasteiger partial charge on any atom is 0.319 e. The molecule has 3 heterocycles. The van der Waals surface area contributed by atoms with Crippen LogP contribution in [0.4, 0.5) is 10.5 Å². The molecule has 1 aliphatic rings. The van der Waals surface area contributed by atoms with Crippen LogP contribution in [0.15, 0.2) is 30.7 Å². The van der Waals surface area contributed by atoms with Crippen LogP contribution in [0.3, 0.4) is 0 Å². The Morgan fingerprint density at radius 2 is 2.32 bits per heavy atom. The topological polar surface area (TPSA) is 78.7 Å². The van der Waals surface area contributed by atoms with Crippen molar-refractivity contribution in [2.24, 2.45) is 5.92 Å². The number of urea groups is 1. The molecule has 3 rings (SSSR count). The molecule has 0 bridgehead atoms. The van der Waals surface area contributed by atoms with E-state index in [1.54, 1.807) is 11.1 Å². The fourth-order valence-electron chi connectivity index (χ4n) is 2.70. The summed E-state index contributed by atoms with van der Waals surface area (Å²) < 4.78 is 1.87. The van der Waals surface area contributed by atoms with Crippen molar-refractivity contribution in [2.75, 3.05) is 25.5 Å². The van der Waals surface area contributed by atoms with E-state index in [-0.39, 0.29) is 11.9 Å². The Hall–Kier alpha value is -2.57. The first-order valence-corrected chi connectivity index (χ1v) is 7.33. The van der Waals surface area contributed by atoms with Gasteiger partial charge in [-0.05, 0) is 18.4 Å². The second kappa shape index (κ2) is 6.05. The van der Waals surface area contributed by atoms with Crippen molar-refractivity contribution >= 4 is 23.3 Å². The molecule has 1 unspecified atom stereocenters. The standard InChI is InChI=1S/C15H19N5O2/c1-19-10-11(8-14(19)21)2-4-17-15(22)18-12-3-6-20-7-5-16-13(20)9-12/h3,5-7,9,11H,2,4,8,10H2,1H3,(H2,17,18,22). The first-order valence-electron chi connectivity index (χ1n) is 7.33. The Balaban J connectivity index is 1.45. The van der Waals surface area contributed by atoms with Crippen molar-refractivity contribution in [2.45, 2.75) is 12.8 Å². The highest BCUT2D eigenvalue weighted by Crippen LogP contribution is 2.18. The second-order valence-electron chi connectivity index (χ2n) is 5.62. The Morgan fingerprint density at radius 1 is 1.45 bits per heavy atom. The molecule has 7 heteroatoms. The summed E-state index contributed by atoms with van der Waals surface area (Å²) in [5.74, 6) is 0.515. The van der Waals surface area contributed by atoms with Gasteiger partial charge < -0.3 is 19.9 Å². The van der Waals surface area contributed by atoms with Crippen LogP contribution in [-0.4, -0.2) is 46.4 Å². The second-order valence-corrected chi connectivity index (χ2v) is 5.62. The molecule has 0 aromatic carbocycles. The lowest BCUT2D eigenvalue weighted by atomic mass is 10.1. The van der Waals surface area contributed by atoms with Gasteiger partial charge in [0.1, 0.15) is 5.65 Å². The number of hydrogen-bond donors (Lipinski definition) is 2. The number of aromatic nitrogens is 2. The summed E-state index contributed by atoms with van der Waals surface area (Å²) in [5.41, 5.74) is 1.48. The molecule has 2 aromatic rings. The molecule has 0 saturated carbocycles. The Labute approximate surface area is 128 Å². The highest BCUT2D eigenvalue weighted by Gasteiger charge is 2.26. The number of carbonyl (C=O) groups excluding carboxylic acids is 2. The third-order valence-corrected chi connectivity index (χ3v) is 3.92. The third kappa shape index (κ3) is 3.19. The number of imidazole rings is 1. The van der Waals surface area contributed by atoms with Crippen LogP contribution in [0, 0.1) is 5.92 Å². The number of hydrogen-bond acceptors (Lipinski definition) is 3. The number of rotatable bonds is 4. The average molecular weight is 301 g/mol. The van der Waals surface area contributed by atoms with E-state index >= 15 is 0 Å². The predicted molar refractivity (Wildman–Crippen MR) is 82.6 cm³/mol. The number of carbonyl (C=O) groups is 2. The van der Waals surface area contributed by atoms with E-state index in [2.05, 4.69) is 15.6 Å². The van der Waals surface area contributed by atoms with E-state index in [1.165, 1.54) is 0 Å². The molecule has 0 aliphatic carbocycles. The first kappa shape index (κ1) is 14.4. The monoisotopic (exact) mass is 301 g/mol. The minimum Gasteiger partial charge on any atom is -0.345 e. The van der Waals surface area contributed by atoms with Gasteiger partial charge in [-0.2, -0.15) is 0 Å². The zero-order valence-corrected chi connectivity index (χ0v) is 12.5. The lowest BCUT2D eigenvalue weighted by Gasteiger charge is -2.11. The molecular formula is C15H19N5O2. The van der Waals surface area contributed by atoms with Gasteiger partial charge in [-0.1, -0.05) is 0 Å². The summed E-state index contributed by atoms with van der Waals surface area (Å²) in [5, 5.41) is 5.61. The molecule has 2 N–H and O–H groups in total. The number of nitrogens with one attached hydrogen (secondary N) is 2. The minimum atomic E-state index is -0.242. The van der Waals surface area contributed by atoms with E-state index in [1.807, 2.05) is 36.0 Å². The maximum atomic E-state index is 11.9. The summed E-state index contributed by atoms with van der Waals surface area (Å²) in [6, 6.07) is 3.39. The molecule has 1 fully saturated rings. The zero-order chi connectivity index (χ0) is 15.5. The van der Waals surface area contributed by atoms with Crippen molar-refractivity contribution < 1.29 is 9.59 Å². The van der Waals surface area contributed by atoms with E-state index in [4.69, 9.17) is 0 Å². The van der Waals surface area contributed by atoms with Crippen molar-refractivity contribution in [3.63, 3.8) is 0 Å². The number of fused-ring (bicyclic) bond motifs is 1.